The second-order valence-corrected chi connectivity index (χ2v) is 6.92. The fourth-order valence-electron chi connectivity index (χ4n) is 3.19. The summed E-state index contributed by atoms with van der Waals surface area (Å²) in [4.78, 5) is 26.4. The van der Waals surface area contributed by atoms with Crippen molar-refractivity contribution in [3.63, 3.8) is 0 Å². The molecule has 2 aromatic carbocycles. The summed E-state index contributed by atoms with van der Waals surface area (Å²) in [6, 6.07) is 17.5. The van der Waals surface area contributed by atoms with E-state index in [1.165, 1.54) is 5.56 Å². The molecule has 5 nitrogen and oxygen atoms in total. The summed E-state index contributed by atoms with van der Waals surface area (Å²) >= 11 is 0. The van der Waals surface area contributed by atoms with Crippen LogP contribution in [0.15, 0.2) is 54.6 Å². The average molecular weight is 351 g/mol. The lowest BCUT2D eigenvalue weighted by Crippen LogP contribution is -2.37. The third kappa shape index (κ3) is 4.49. The number of benzene rings is 2. The highest BCUT2D eigenvalue weighted by Gasteiger charge is 2.34. The predicted octanol–water partition coefficient (Wildman–Crippen LogP) is 2.16. The van der Waals surface area contributed by atoms with Gasteiger partial charge in [-0.05, 0) is 18.1 Å². The fraction of sp³-hybridized carbons (Fsp3) is 0.333. The molecule has 2 unspecified atom stereocenters. The van der Waals surface area contributed by atoms with E-state index in [4.69, 9.17) is 5.73 Å². The number of nitrogens with zero attached hydrogens (tertiary/aromatic N) is 1. The zero-order valence-electron chi connectivity index (χ0n) is 15.0. The van der Waals surface area contributed by atoms with Crippen molar-refractivity contribution >= 4 is 11.8 Å². The number of hydrogen-bond acceptors (Lipinski definition) is 3. The molecule has 0 bridgehead atoms. The highest BCUT2D eigenvalue weighted by molar-refractivity contribution is 5.89. The molecule has 0 saturated carbocycles. The first-order valence-electron chi connectivity index (χ1n) is 8.94. The molecule has 136 valence electrons. The molecule has 1 aliphatic heterocycles. The van der Waals surface area contributed by atoms with Crippen molar-refractivity contribution in [2.75, 3.05) is 13.1 Å². The lowest BCUT2D eigenvalue weighted by molar-refractivity contribution is -0.129. The van der Waals surface area contributed by atoms with Crippen molar-refractivity contribution in [1.29, 1.82) is 0 Å². The Morgan fingerprint density at radius 3 is 2.58 bits per heavy atom. The first-order chi connectivity index (χ1) is 12.5. The van der Waals surface area contributed by atoms with Crippen LogP contribution in [-0.4, -0.2) is 29.8 Å². The van der Waals surface area contributed by atoms with Gasteiger partial charge in [-0.1, -0.05) is 60.2 Å². The van der Waals surface area contributed by atoms with Crippen LogP contribution in [0.5, 0.6) is 0 Å². The summed E-state index contributed by atoms with van der Waals surface area (Å²) in [5.41, 5.74) is 9.37. The van der Waals surface area contributed by atoms with E-state index < -0.39 is 0 Å². The van der Waals surface area contributed by atoms with E-state index in [-0.39, 0.29) is 30.2 Å². The van der Waals surface area contributed by atoms with E-state index in [0.29, 0.717) is 19.6 Å². The van der Waals surface area contributed by atoms with Gasteiger partial charge in [0, 0.05) is 32.1 Å². The molecule has 2 aromatic rings. The minimum Gasteiger partial charge on any atom is -0.354 e. The third-order valence-electron chi connectivity index (χ3n) is 4.80. The van der Waals surface area contributed by atoms with Crippen LogP contribution in [0.25, 0.3) is 0 Å². The van der Waals surface area contributed by atoms with E-state index in [2.05, 4.69) is 5.32 Å². The van der Waals surface area contributed by atoms with E-state index >= 15 is 0 Å². The van der Waals surface area contributed by atoms with E-state index in [1.807, 2.05) is 61.5 Å². The average Bonchev–Trinajstić information content (AvgIpc) is 3.02. The molecule has 2 amide bonds. The molecule has 1 fully saturated rings. The molecule has 26 heavy (non-hydrogen) atoms. The molecule has 1 aliphatic rings. The van der Waals surface area contributed by atoms with Gasteiger partial charge in [0.1, 0.15) is 0 Å². The molecule has 3 rings (SSSR count). The number of aryl methyl sites for hydroxylation is 1. The molecule has 5 heteroatoms. The summed E-state index contributed by atoms with van der Waals surface area (Å²) in [5, 5.41) is 2.89. The van der Waals surface area contributed by atoms with Crippen LogP contribution in [0.3, 0.4) is 0 Å². The molecule has 3 N–H and O–H groups in total. The van der Waals surface area contributed by atoms with Crippen LogP contribution in [0.1, 0.15) is 29.2 Å². The number of nitrogens with one attached hydrogen (secondary N) is 1. The van der Waals surface area contributed by atoms with Gasteiger partial charge in [-0.15, -0.1) is 0 Å². The van der Waals surface area contributed by atoms with Crippen molar-refractivity contribution in [2.45, 2.75) is 25.9 Å². The lowest BCUT2D eigenvalue weighted by Gasteiger charge is -2.18. The van der Waals surface area contributed by atoms with Gasteiger partial charge in [0.25, 0.3) is 0 Å². The fourth-order valence-corrected chi connectivity index (χ4v) is 3.19. The van der Waals surface area contributed by atoms with Gasteiger partial charge < -0.3 is 16.0 Å². The van der Waals surface area contributed by atoms with Crippen LogP contribution in [0, 0.1) is 12.8 Å². The Bertz CT molecular complexity index is 759. The predicted molar refractivity (Wildman–Crippen MR) is 101 cm³/mol. The lowest BCUT2D eigenvalue weighted by atomic mass is 10.1. The van der Waals surface area contributed by atoms with Gasteiger partial charge in [-0.3, -0.25) is 9.59 Å². The Balaban J connectivity index is 1.51. The second-order valence-electron chi connectivity index (χ2n) is 6.92. The molecular weight excluding hydrogens is 326 g/mol. The van der Waals surface area contributed by atoms with E-state index in [1.54, 1.807) is 4.90 Å². The van der Waals surface area contributed by atoms with Gasteiger partial charge in [0.05, 0.1) is 5.92 Å². The van der Waals surface area contributed by atoms with E-state index in [0.717, 1.165) is 11.1 Å². The maximum atomic E-state index is 12.4. The monoisotopic (exact) mass is 351 g/mol. The summed E-state index contributed by atoms with van der Waals surface area (Å²) in [6.07, 6.45) is 0.262. The van der Waals surface area contributed by atoms with Crippen LogP contribution in [-0.2, 0) is 16.1 Å². The molecule has 2 atom stereocenters. The summed E-state index contributed by atoms with van der Waals surface area (Å²) in [6.45, 7) is 3.41. The van der Waals surface area contributed by atoms with Crippen molar-refractivity contribution in [2.24, 2.45) is 11.7 Å². The highest BCUT2D eigenvalue weighted by atomic mass is 16.2. The number of nitrogens with two attached hydrogens (primary N) is 1. The Hall–Kier alpha value is -2.66. The molecule has 0 spiro atoms. The van der Waals surface area contributed by atoms with Gasteiger partial charge in [-0.2, -0.15) is 0 Å². The van der Waals surface area contributed by atoms with Crippen LogP contribution in [0.2, 0.25) is 0 Å². The molecule has 0 radical (unpaired) electrons. The number of carbonyl (C=O) groups is 2. The Kier molecular flexibility index (Phi) is 5.68. The van der Waals surface area contributed by atoms with Crippen molar-refractivity contribution in [3.05, 3.63) is 71.3 Å². The van der Waals surface area contributed by atoms with Crippen molar-refractivity contribution < 1.29 is 9.59 Å². The van der Waals surface area contributed by atoms with Crippen LogP contribution >= 0.6 is 0 Å². The zero-order valence-corrected chi connectivity index (χ0v) is 15.0. The molecule has 1 saturated heterocycles. The molecule has 1 heterocycles. The maximum absolute atomic E-state index is 12.4. The second kappa shape index (κ2) is 8.15. The summed E-state index contributed by atoms with van der Waals surface area (Å²) in [5.74, 6) is -0.384. The smallest absolute Gasteiger partial charge is 0.225 e. The zero-order chi connectivity index (χ0) is 18.5. The largest absolute Gasteiger partial charge is 0.354 e. The summed E-state index contributed by atoms with van der Waals surface area (Å²) < 4.78 is 0. The van der Waals surface area contributed by atoms with Crippen molar-refractivity contribution in [3.8, 4) is 0 Å². The van der Waals surface area contributed by atoms with E-state index in [9.17, 15) is 9.59 Å². The van der Waals surface area contributed by atoms with Gasteiger partial charge in [0.15, 0.2) is 0 Å². The number of likely N-dealkylation sites (tertiary alicyclic amines) is 1. The maximum Gasteiger partial charge on any atom is 0.225 e. The van der Waals surface area contributed by atoms with Gasteiger partial charge in [-0.25, -0.2) is 0 Å². The van der Waals surface area contributed by atoms with Crippen LogP contribution in [0.4, 0.5) is 0 Å². The first-order valence-corrected chi connectivity index (χ1v) is 8.94. The topological polar surface area (TPSA) is 75.4 Å². The minimum atomic E-state index is -0.309. The minimum absolute atomic E-state index is 0.0260. The number of carbonyl (C=O) groups excluding carboxylic acids is 2. The van der Waals surface area contributed by atoms with Gasteiger partial charge in [0.2, 0.25) is 11.8 Å². The number of hydrogen-bond donors (Lipinski definition) is 2. The Morgan fingerprint density at radius 1 is 1.19 bits per heavy atom. The molecule has 0 aromatic heterocycles. The van der Waals surface area contributed by atoms with Crippen LogP contribution < -0.4 is 11.1 Å². The standard InChI is InChI=1S/C21H25N3O2/c1-15-7-9-16(10-8-15)13-24-14-18(11-20(24)25)21(26)23-12-19(22)17-5-3-2-4-6-17/h2-10,18-19H,11-14,22H2,1H3,(H,23,26). The third-order valence-corrected chi connectivity index (χ3v) is 4.80. The first kappa shape index (κ1) is 18.1. The Labute approximate surface area is 154 Å². The SMILES string of the molecule is Cc1ccc(CN2CC(C(=O)NCC(N)c3ccccc3)CC2=O)cc1. The molecule has 0 aliphatic carbocycles. The summed E-state index contributed by atoms with van der Waals surface area (Å²) in [7, 11) is 0. The van der Waals surface area contributed by atoms with Gasteiger partial charge >= 0.3 is 0 Å². The normalized spacial score (nSPS) is 18.0. The quantitative estimate of drug-likeness (QED) is 0.837. The highest BCUT2D eigenvalue weighted by Crippen LogP contribution is 2.21. The Morgan fingerprint density at radius 2 is 1.88 bits per heavy atom. The molecular formula is C21H25N3O2. The number of amides is 2. The number of rotatable bonds is 6. The van der Waals surface area contributed by atoms with Crippen molar-refractivity contribution in [1.82, 2.24) is 10.2 Å².